The van der Waals surface area contributed by atoms with Crippen LogP contribution in [0.4, 0.5) is 5.82 Å². The van der Waals surface area contributed by atoms with E-state index in [9.17, 15) is 0 Å². The molecule has 0 aromatic carbocycles. The fraction of sp³-hybridized carbons (Fsp3) is 0.667. The summed E-state index contributed by atoms with van der Waals surface area (Å²) in [6.45, 7) is 5.66. The molecule has 0 radical (unpaired) electrons. The van der Waals surface area contributed by atoms with Crippen molar-refractivity contribution in [2.24, 2.45) is 0 Å². The molecule has 1 aromatic heterocycles. The predicted molar refractivity (Wildman–Crippen MR) is 77.6 cm³/mol. The fourth-order valence-corrected chi connectivity index (χ4v) is 2.83. The van der Waals surface area contributed by atoms with Crippen molar-refractivity contribution in [2.75, 3.05) is 31.2 Å². The molecule has 2 rings (SSSR count). The molecule has 1 unspecified atom stereocenters. The summed E-state index contributed by atoms with van der Waals surface area (Å²) in [7, 11) is 0. The van der Waals surface area contributed by atoms with Crippen LogP contribution in [0.15, 0.2) is 11.2 Å². The number of aromatic nitrogens is 2. The van der Waals surface area contributed by atoms with Crippen molar-refractivity contribution in [2.45, 2.75) is 31.0 Å². The lowest BCUT2D eigenvalue weighted by Gasteiger charge is -2.21. The van der Waals surface area contributed by atoms with Gasteiger partial charge in [-0.05, 0) is 39.1 Å². The van der Waals surface area contributed by atoms with Gasteiger partial charge in [0, 0.05) is 18.7 Å². The molecular formula is C12H19ClN4S. The molecule has 1 aliphatic rings. The molecule has 0 aliphatic carbocycles. The van der Waals surface area contributed by atoms with Gasteiger partial charge in [0.15, 0.2) is 5.16 Å². The third-order valence-corrected chi connectivity index (χ3v) is 3.72. The summed E-state index contributed by atoms with van der Waals surface area (Å²) >= 11 is 7.47. The standard InChI is InChI=1S/C12H19ClN4S/c1-9(8-17-5-3-4-6-17)14-11-7-10(13)15-12(16-11)18-2/h7,9H,3-6,8H2,1-2H3,(H,14,15,16). The van der Waals surface area contributed by atoms with E-state index in [-0.39, 0.29) is 0 Å². The summed E-state index contributed by atoms with van der Waals surface area (Å²) in [5.74, 6) is 0.811. The van der Waals surface area contributed by atoms with Crippen LogP contribution >= 0.6 is 23.4 Å². The number of likely N-dealkylation sites (tertiary alicyclic amines) is 1. The minimum absolute atomic E-state index is 0.365. The van der Waals surface area contributed by atoms with Crippen LogP contribution in [0.25, 0.3) is 0 Å². The van der Waals surface area contributed by atoms with Gasteiger partial charge in [0.05, 0.1) is 0 Å². The Morgan fingerprint density at radius 2 is 2.17 bits per heavy atom. The number of nitrogens with zero attached hydrogens (tertiary/aromatic N) is 3. The van der Waals surface area contributed by atoms with Crippen molar-refractivity contribution < 1.29 is 0 Å². The molecule has 6 heteroatoms. The van der Waals surface area contributed by atoms with Crippen LogP contribution in [0.1, 0.15) is 19.8 Å². The van der Waals surface area contributed by atoms with Crippen LogP contribution in [0.3, 0.4) is 0 Å². The van der Waals surface area contributed by atoms with E-state index in [4.69, 9.17) is 11.6 Å². The van der Waals surface area contributed by atoms with Crippen molar-refractivity contribution in [1.82, 2.24) is 14.9 Å². The quantitative estimate of drug-likeness (QED) is 0.512. The van der Waals surface area contributed by atoms with E-state index < -0.39 is 0 Å². The average Bonchev–Trinajstić information content (AvgIpc) is 2.80. The maximum atomic E-state index is 5.97. The van der Waals surface area contributed by atoms with Gasteiger partial charge in [-0.1, -0.05) is 23.4 Å². The van der Waals surface area contributed by atoms with E-state index in [0.717, 1.165) is 12.4 Å². The first kappa shape index (κ1) is 13.9. The molecular weight excluding hydrogens is 268 g/mol. The van der Waals surface area contributed by atoms with E-state index in [1.807, 2.05) is 6.26 Å². The van der Waals surface area contributed by atoms with Gasteiger partial charge < -0.3 is 10.2 Å². The Morgan fingerprint density at radius 1 is 1.44 bits per heavy atom. The Bertz CT molecular complexity index is 396. The van der Waals surface area contributed by atoms with Crippen LogP contribution in [-0.4, -0.2) is 46.8 Å². The predicted octanol–water partition coefficient (Wildman–Crippen LogP) is 2.75. The minimum atomic E-state index is 0.365. The molecule has 100 valence electrons. The summed E-state index contributed by atoms with van der Waals surface area (Å²) in [6.07, 6.45) is 4.59. The zero-order valence-corrected chi connectivity index (χ0v) is 12.4. The summed E-state index contributed by atoms with van der Waals surface area (Å²) in [4.78, 5) is 11.0. The van der Waals surface area contributed by atoms with Gasteiger partial charge in [-0.25, -0.2) is 9.97 Å². The molecule has 1 N–H and O–H groups in total. The lowest BCUT2D eigenvalue weighted by molar-refractivity contribution is 0.327. The lowest BCUT2D eigenvalue weighted by Crippen LogP contribution is -2.33. The van der Waals surface area contributed by atoms with Gasteiger partial charge in [-0.3, -0.25) is 0 Å². The van der Waals surface area contributed by atoms with Crippen LogP contribution in [0.2, 0.25) is 5.15 Å². The van der Waals surface area contributed by atoms with E-state index in [1.165, 1.54) is 37.7 Å². The van der Waals surface area contributed by atoms with Crippen LogP contribution in [-0.2, 0) is 0 Å². The van der Waals surface area contributed by atoms with Gasteiger partial charge in [-0.15, -0.1) is 0 Å². The smallest absolute Gasteiger partial charge is 0.190 e. The van der Waals surface area contributed by atoms with E-state index in [1.54, 1.807) is 6.07 Å². The Morgan fingerprint density at radius 3 is 2.83 bits per heavy atom. The molecule has 4 nitrogen and oxygen atoms in total. The van der Waals surface area contributed by atoms with Crippen LogP contribution in [0, 0.1) is 0 Å². The number of rotatable bonds is 5. The maximum absolute atomic E-state index is 5.97. The Labute approximate surface area is 118 Å². The van der Waals surface area contributed by atoms with Crippen molar-refractivity contribution in [3.63, 3.8) is 0 Å². The molecule has 18 heavy (non-hydrogen) atoms. The molecule has 1 saturated heterocycles. The number of thioether (sulfide) groups is 1. The molecule has 0 bridgehead atoms. The monoisotopic (exact) mass is 286 g/mol. The lowest BCUT2D eigenvalue weighted by atomic mass is 10.3. The normalized spacial score (nSPS) is 17.9. The van der Waals surface area contributed by atoms with Crippen LogP contribution in [0.5, 0.6) is 0 Å². The summed E-state index contributed by atoms with van der Waals surface area (Å²) in [5, 5.41) is 4.59. The first-order chi connectivity index (χ1) is 8.67. The zero-order valence-electron chi connectivity index (χ0n) is 10.8. The van der Waals surface area contributed by atoms with Gasteiger partial charge in [0.25, 0.3) is 0 Å². The highest BCUT2D eigenvalue weighted by atomic mass is 35.5. The highest BCUT2D eigenvalue weighted by Gasteiger charge is 2.15. The molecule has 0 spiro atoms. The summed E-state index contributed by atoms with van der Waals surface area (Å²) in [6, 6.07) is 2.14. The van der Waals surface area contributed by atoms with Crippen molar-refractivity contribution in [3.05, 3.63) is 11.2 Å². The van der Waals surface area contributed by atoms with E-state index >= 15 is 0 Å². The van der Waals surface area contributed by atoms with Gasteiger partial charge >= 0.3 is 0 Å². The highest BCUT2D eigenvalue weighted by Crippen LogP contribution is 2.18. The molecule has 1 fully saturated rings. The molecule has 0 saturated carbocycles. The Balaban J connectivity index is 1.93. The first-order valence-electron chi connectivity index (χ1n) is 6.25. The number of hydrogen-bond donors (Lipinski definition) is 1. The van der Waals surface area contributed by atoms with Crippen molar-refractivity contribution >= 4 is 29.2 Å². The maximum Gasteiger partial charge on any atom is 0.190 e. The Kier molecular flexibility index (Phi) is 5.09. The zero-order chi connectivity index (χ0) is 13.0. The second-order valence-corrected chi connectivity index (χ2v) is 5.78. The number of hydrogen-bond acceptors (Lipinski definition) is 5. The van der Waals surface area contributed by atoms with Gasteiger partial charge in [0.2, 0.25) is 0 Å². The average molecular weight is 287 g/mol. The second kappa shape index (κ2) is 6.59. The number of halogens is 1. The van der Waals surface area contributed by atoms with Crippen molar-refractivity contribution in [3.8, 4) is 0 Å². The topological polar surface area (TPSA) is 41.1 Å². The van der Waals surface area contributed by atoms with Crippen molar-refractivity contribution in [1.29, 1.82) is 0 Å². The third kappa shape index (κ3) is 4.00. The number of anilines is 1. The van der Waals surface area contributed by atoms with Gasteiger partial charge in [-0.2, -0.15) is 0 Å². The summed E-state index contributed by atoms with van der Waals surface area (Å²) in [5.41, 5.74) is 0. The molecule has 1 atom stereocenters. The van der Waals surface area contributed by atoms with E-state index in [0.29, 0.717) is 16.4 Å². The molecule has 1 aliphatic heterocycles. The highest BCUT2D eigenvalue weighted by molar-refractivity contribution is 7.98. The largest absolute Gasteiger partial charge is 0.366 e. The first-order valence-corrected chi connectivity index (χ1v) is 7.85. The minimum Gasteiger partial charge on any atom is -0.366 e. The SMILES string of the molecule is CSc1nc(Cl)cc(NC(C)CN2CCCC2)n1. The summed E-state index contributed by atoms with van der Waals surface area (Å²) < 4.78 is 0. The number of nitrogens with one attached hydrogen (secondary N) is 1. The molecule has 0 amide bonds. The molecule has 2 heterocycles. The van der Waals surface area contributed by atoms with Crippen LogP contribution < -0.4 is 5.32 Å². The third-order valence-electron chi connectivity index (χ3n) is 2.98. The fourth-order valence-electron chi connectivity index (χ4n) is 2.21. The van der Waals surface area contributed by atoms with Gasteiger partial charge in [0.1, 0.15) is 11.0 Å². The molecule has 1 aromatic rings. The van der Waals surface area contributed by atoms with E-state index in [2.05, 4.69) is 27.1 Å². The second-order valence-electron chi connectivity index (χ2n) is 4.62. The Hall–Kier alpha value is -0.520.